The predicted molar refractivity (Wildman–Crippen MR) is 87.7 cm³/mol. The van der Waals surface area contributed by atoms with Crippen molar-refractivity contribution < 1.29 is 9.53 Å². The first kappa shape index (κ1) is 15.0. The van der Waals surface area contributed by atoms with Gasteiger partial charge in [0.2, 0.25) is 5.91 Å². The summed E-state index contributed by atoms with van der Waals surface area (Å²) in [5, 5.41) is 2.83. The molecule has 0 aliphatic carbocycles. The van der Waals surface area contributed by atoms with Gasteiger partial charge in [-0.15, -0.1) is 0 Å². The van der Waals surface area contributed by atoms with Crippen LogP contribution < -0.4 is 15.8 Å². The Bertz CT molecular complexity index is 657. The second-order valence-electron chi connectivity index (χ2n) is 4.49. The van der Waals surface area contributed by atoms with E-state index in [1.807, 2.05) is 30.3 Å². The first-order valence-electron chi connectivity index (χ1n) is 6.42. The molecule has 0 fully saturated rings. The molecule has 0 aromatic heterocycles. The third-order valence-corrected chi connectivity index (χ3v) is 3.20. The fourth-order valence-electron chi connectivity index (χ4n) is 1.92. The summed E-state index contributed by atoms with van der Waals surface area (Å²) in [6.07, 6.45) is 0.307. The van der Waals surface area contributed by atoms with Gasteiger partial charge in [-0.05, 0) is 23.8 Å². The minimum atomic E-state index is -0.109. The lowest BCUT2D eigenvalue weighted by Gasteiger charge is -2.11. The van der Waals surface area contributed by atoms with Crippen molar-refractivity contribution in [1.82, 2.24) is 0 Å². The number of hydrogen-bond acceptors (Lipinski definition) is 3. The summed E-state index contributed by atoms with van der Waals surface area (Å²) >= 11 is 4.92. The number of ether oxygens (including phenoxy) is 1. The fourth-order valence-corrected chi connectivity index (χ4v) is 2.05. The Balaban J connectivity index is 2.12. The highest BCUT2D eigenvalue weighted by Crippen LogP contribution is 2.25. The van der Waals surface area contributed by atoms with Crippen LogP contribution in [0.3, 0.4) is 0 Å². The summed E-state index contributed by atoms with van der Waals surface area (Å²) in [6.45, 7) is 0. The van der Waals surface area contributed by atoms with E-state index in [9.17, 15) is 4.79 Å². The van der Waals surface area contributed by atoms with Crippen molar-refractivity contribution in [3.05, 3.63) is 59.7 Å². The van der Waals surface area contributed by atoms with Crippen LogP contribution in [0.5, 0.6) is 5.75 Å². The van der Waals surface area contributed by atoms with Crippen molar-refractivity contribution in [2.45, 2.75) is 6.42 Å². The van der Waals surface area contributed by atoms with Crippen molar-refractivity contribution >= 4 is 28.8 Å². The molecule has 108 valence electrons. The molecule has 5 heteroatoms. The van der Waals surface area contributed by atoms with Gasteiger partial charge >= 0.3 is 0 Å². The van der Waals surface area contributed by atoms with E-state index in [2.05, 4.69) is 5.32 Å². The average Bonchev–Trinajstić information content (AvgIpc) is 2.48. The van der Waals surface area contributed by atoms with E-state index in [-0.39, 0.29) is 10.9 Å². The molecule has 2 aromatic carbocycles. The topological polar surface area (TPSA) is 64.3 Å². The molecule has 1 amide bonds. The lowest BCUT2D eigenvalue weighted by Crippen LogP contribution is -2.16. The number of rotatable bonds is 5. The van der Waals surface area contributed by atoms with Gasteiger partial charge in [-0.3, -0.25) is 4.79 Å². The third-order valence-electron chi connectivity index (χ3n) is 2.97. The Labute approximate surface area is 128 Å². The molecule has 0 aliphatic heterocycles. The van der Waals surface area contributed by atoms with Gasteiger partial charge in [0.15, 0.2) is 0 Å². The van der Waals surface area contributed by atoms with Gasteiger partial charge in [-0.25, -0.2) is 0 Å². The first-order chi connectivity index (χ1) is 10.1. The van der Waals surface area contributed by atoms with Crippen LogP contribution in [0.2, 0.25) is 0 Å². The van der Waals surface area contributed by atoms with Gasteiger partial charge < -0.3 is 15.8 Å². The highest BCUT2D eigenvalue weighted by atomic mass is 32.1. The van der Waals surface area contributed by atoms with Crippen molar-refractivity contribution in [3.8, 4) is 5.75 Å². The second-order valence-corrected chi connectivity index (χ2v) is 4.93. The number of hydrogen-bond donors (Lipinski definition) is 2. The van der Waals surface area contributed by atoms with Gasteiger partial charge in [0, 0.05) is 5.56 Å². The van der Waals surface area contributed by atoms with Gasteiger partial charge in [-0.1, -0.05) is 42.5 Å². The molecule has 0 saturated carbocycles. The van der Waals surface area contributed by atoms with Crippen LogP contribution in [-0.4, -0.2) is 18.0 Å². The number of thiocarbonyl (C=S) groups is 1. The number of nitrogens with one attached hydrogen (secondary N) is 1. The van der Waals surface area contributed by atoms with Crippen LogP contribution in [0.15, 0.2) is 48.5 Å². The number of methoxy groups -OCH3 is 1. The molecule has 0 atom stereocenters. The number of nitrogens with two attached hydrogens (primary N) is 1. The minimum Gasteiger partial charge on any atom is -0.495 e. The van der Waals surface area contributed by atoms with E-state index >= 15 is 0 Å². The van der Waals surface area contributed by atoms with Crippen LogP contribution in [0.25, 0.3) is 0 Å². The van der Waals surface area contributed by atoms with Gasteiger partial charge in [-0.2, -0.15) is 0 Å². The van der Waals surface area contributed by atoms with Crippen molar-refractivity contribution in [2.24, 2.45) is 5.73 Å². The Hall–Kier alpha value is -2.40. The number of carbonyl (C=O) groups excluding carboxylic acids is 1. The lowest BCUT2D eigenvalue weighted by atomic mass is 10.1. The van der Waals surface area contributed by atoms with E-state index in [4.69, 9.17) is 22.7 Å². The molecule has 0 radical (unpaired) electrons. The standard InChI is InChI=1S/C16H16N2O2S/c1-20-14-10-12(16(17)21)7-8-13(14)18-15(19)9-11-5-3-2-4-6-11/h2-8,10H,9H2,1H3,(H2,17,21)(H,18,19). The quantitative estimate of drug-likeness (QED) is 0.833. The maximum absolute atomic E-state index is 12.1. The van der Waals surface area contributed by atoms with Crippen LogP contribution in [0, 0.1) is 0 Å². The first-order valence-corrected chi connectivity index (χ1v) is 6.82. The molecule has 3 N–H and O–H groups in total. The van der Waals surface area contributed by atoms with E-state index in [0.29, 0.717) is 23.4 Å². The van der Waals surface area contributed by atoms with Crippen LogP contribution in [-0.2, 0) is 11.2 Å². The summed E-state index contributed by atoms with van der Waals surface area (Å²) in [4.78, 5) is 12.3. The summed E-state index contributed by atoms with van der Waals surface area (Å²) in [5.74, 6) is 0.421. The highest BCUT2D eigenvalue weighted by molar-refractivity contribution is 7.80. The van der Waals surface area contributed by atoms with E-state index in [0.717, 1.165) is 5.56 Å². The average molecular weight is 300 g/mol. The number of benzene rings is 2. The maximum atomic E-state index is 12.1. The van der Waals surface area contributed by atoms with Crippen molar-refractivity contribution in [1.29, 1.82) is 0 Å². The SMILES string of the molecule is COc1cc(C(N)=S)ccc1NC(=O)Cc1ccccc1. The molecular formula is C16H16N2O2S. The molecule has 0 unspecified atom stereocenters. The van der Waals surface area contributed by atoms with E-state index in [1.165, 1.54) is 7.11 Å². The van der Waals surface area contributed by atoms with E-state index < -0.39 is 0 Å². The molecule has 0 saturated heterocycles. The molecule has 21 heavy (non-hydrogen) atoms. The number of amides is 1. The molecule has 4 nitrogen and oxygen atoms in total. The molecular weight excluding hydrogens is 284 g/mol. The maximum Gasteiger partial charge on any atom is 0.228 e. The Morgan fingerprint density at radius 2 is 1.95 bits per heavy atom. The highest BCUT2D eigenvalue weighted by Gasteiger charge is 2.10. The van der Waals surface area contributed by atoms with Crippen LogP contribution in [0.4, 0.5) is 5.69 Å². The molecule has 2 rings (SSSR count). The summed E-state index contributed by atoms with van der Waals surface area (Å²) < 4.78 is 5.26. The van der Waals surface area contributed by atoms with Gasteiger partial charge in [0.05, 0.1) is 19.2 Å². The summed E-state index contributed by atoms with van der Waals surface area (Å²) in [7, 11) is 1.53. The van der Waals surface area contributed by atoms with Crippen molar-refractivity contribution in [3.63, 3.8) is 0 Å². The van der Waals surface area contributed by atoms with Gasteiger partial charge in [0.1, 0.15) is 10.7 Å². The Morgan fingerprint density at radius 3 is 2.57 bits per heavy atom. The zero-order valence-corrected chi connectivity index (χ0v) is 12.4. The normalized spacial score (nSPS) is 9.95. The lowest BCUT2D eigenvalue weighted by molar-refractivity contribution is -0.115. The van der Waals surface area contributed by atoms with Gasteiger partial charge in [0.25, 0.3) is 0 Å². The Morgan fingerprint density at radius 1 is 1.24 bits per heavy atom. The smallest absolute Gasteiger partial charge is 0.228 e. The monoisotopic (exact) mass is 300 g/mol. The molecule has 2 aromatic rings. The molecule has 0 spiro atoms. The molecule has 0 aliphatic rings. The third kappa shape index (κ3) is 4.03. The van der Waals surface area contributed by atoms with E-state index in [1.54, 1.807) is 18.2 Å². The minimum absolute atomic E-state index is 0.109. The predicted octanol–water partition coefficient (Wildman–Crippen LogP) is 2.51. The fraction of sp³-hybridized carbons (Fsp3) is 0.125. The largest absolute Gasteiger partial charge is 0.495 e. The number of carbonyl (C=O) groups is 1. The van der Waals surface area contributed by atoms with Crippen LogP contribution >= 0.6 is 12.2 Å². The Kier molecular flexibility index (Phi) is 4.90. The van der Waals surface area contributed by atoms with Crippen molar-refractivity contribution in [2.75, 3.05) is 12.4 Å². The molecule has 0 heterocycles. The number of anilines is 1. The van der Waals surface area contributed by atoms with Crippen LogP contribution in [0.1, 0.15) is 11.1 Å². The molecule has 0 bridgehead atoms. The zero-order chi connectivity index (χ0) is 15.2. The zero-order valence-electron chi connectivity index (χ0n) is 11.6. The summed E-state index contributed by atoms with van der Waals surface area (Å²) in [6, 6.07) is 14.7. The second kappa shape index (κ2) is 6.85. The summed E-state index contributed by atoms with van der Waals surface area (Å²) in [5.41, 5.74) is 7.82.